The molecule has 20 heavy (non-hydrogen) atoms. The van der Waals surface area contributed by atoms with Gasteiger partial charge in [-0.15, -0.1) is 0 Å². The van der Waals surface area contributed by atoms with E-state index in [9.17, 15) is 0 Å². The number of nitrogens with one attached hydrogen (secondary N) is 1. The third-order valence-electron chi connectivity index (χ3n) is 4.04. The zero-order valence-corrected chi connectivity index (χ0v) is 13.9. The van der Waals surface area contributed by atoms with E-state index in [1.165, 1.54) is 5.56 Å². The largest absolute Gasteiger partial charge is 0.368 e. The van der Waals surface area contributed by atoms with Crippen molar-refractivity contribution in [1.29, 1.82) is 0 Å². The topological polar surface area (TPSA) is 21.3 Å². The highest BCUT2D eigenvalue weighted by Crippen LogP contribution is 2.37. The zero-order valence-electron chi connectivity index (χ0n) is 13.2. The molecule has 1 aliphatic rings. The Balaban J connectivity index is 1.98. The minimum absolute atomic E-state index is 0.0503. The van der Waals surface area contributed by atoms with Crippen molar-refractivity contribution in [1.82, 2.24) is 5.32 Å². The lowest BCUT2D eigenvalue weighted by Crippen LogP contribution is -2.47. The molecule has 0 saturated carbocycles. The van der Waals surface area contributed by atoms with Crippen LogP contribution in [0.2, 0.25) is 5.02 Å². The second kappa shape index (κ2) is 5.67. The molecule has 1 aromatic rings. The van der Waals surface area contributed by atoms with E-state index in [1.54, 1.807) is 0 Å². The number of halogens is 1. The van der Waals surface area contributed by atoms with Crippen molar-refractivity contribution in [3.05, 3.63) is 34.9 Å². The minimum atomic E-state index is -0.127. The SMILES string of the molecule is CC(Cc1ccccc1Cl)NC1CC(C)(C)OC1(C)C. The Hall–Kier alpha value is -0.570. The van der Waals surface area contributed by atoms with Crippen LogP contribution < -0.4 is 5.32 Å². The summed E-state index contributed by atoms with van der Waals surface area (Å²) in [4.78, 5) is 0. The predicted octanol–water partition coefficient (Wildman–Crippen LogP) is 4.21. The first-order valence-corrected chi connectivity index (χ1v) is 7.77. The molecule has 0 radical (unpaired) electrons. The number of rotatable bonds is 4. The van der Waals surface area contributed by atoms with Gasteiger partial charge in [0, 0.05) is 17.1 Å². The highest BCUT2D eigenvalue weighted by Gasteiger charge is 2.45. The molecule has 1 fully saturated rings. The molecule has 0 aromatic heterocycles. The second-order valence-electron chi connectivity index (χ2n) is 7.09. The third kappa shape index (κ3) is 3.75. The third-order valence-corrected chi connectivity index (χ3v) is 4.41. The predicted molar refractivity (Wildman–Crippen MR) is 85.4 cm³/mol. The van der Waals surface area contributed by atoms with Gasteiger partial charge in [0.25, 0.3) is 0 Å². The van der Waals surface area contributed by atoms with Gasteiger partial charge in [-0.05, 0) is 59.1 Å². The van der Waals surface area contributed by atoms with E-state index in [0.717, 1.165) is 17.9 Å². The molecule has 0 aliphatic carbocycles. The van der Waals surface area contributed by atoms with E-state index in [1.807, 2.05) is 18.2 Å². The van der Waals surface area contributed by atoms with Crippen molar-refractivity contribution in [3.63, 3.8) is 0 Å². The van der Waals surface area contributed by atoms with Gasteiger partial charge in [0.1, 0.15) is 0 Å². The summed E-state index contributed by atoms with van der Waals surface area (Å²) in [5.41, 5.74) is 1.02. The van der Waals surface area contributed by atoms with E-state index in [2.05, 4.69) is 46.0 Å². The van der Waals surface area contributed by atoms with Gasteiger partial charge in [0.15, 0.2) is 0 Å². The first-order chi connectivity index (χ1) is 9.20. The fourth-order valence-electron chi connectivity index (χ4n) is 3.22. The lowest BCUT2D eigenvalue weighted by molar-refractivity contribution is -0.0703. The van der Waals surface area contributed by atoms with Gasteiger partial charge in [-0.3, -0.25) is 0 Å². The van der Waals surface area contributed by atoms with E-state index < -0.39 is 0 Å². The normalized spacial score (nSPS) is 25.6. The molecule has 1 heterocycles. The van der Waals surface area contributed by atoms with Crippen molar-refractivity contribution in [2.45, 2.75) is 70.7 Å². The first-order valence-electron chi connectivity index (χ1n) is 7.39. The van der Waals surface area contributed by atoms with Crippen molar-refractivity contribution in [2.75, 3.05) is 0 Å². The van der Waals surface area contributed by atoms with Crippen LogP contribution >= 0.6 is 11.6 Å². The van der Waals surface area contributed by atoms with Crippen LogP contribution in [0.5, 0.6) is 0 Å². The summed E-state index contributed by atoms with van der Waals surface area (Å²) < 4.78 is 6.14. The van der Waals surface area contributed by atoms with Gasteiger partial charge in [-0.1, -0.05) is 29.8 Å². The highest BCUT2D eigenvalue weighted by molar-refractivity contribution is 6.31. The van der Waals surface area contributed by atoms with Crippen LogP contribution in [0, 0.1) is 0 Å². The fraction of sp³-hybridized carbons (Fsp3) is 0.647. The summed E-state index contributed by atoms with van der Waals surface area (Å²) in [5, 5.41) is 4.57. The van der Waals surface area contributed by atoms with Gasteiger partial charge in [0.2, 0.25) is 0 Å². The van der Waals surface area contributed by atoms with E-state index >= 15 is 0 Å². The van der Waals surface area contributed by atoms with Gasteiger partial charge >= 0.3 is 0 Å². The maximum absolute atomic E-state index is 6.23. The maximum atomic E-state index is 6.23. The molecular weight excluding hydrogens is 270 g/mol. The summed E-state index contributed by atoms with van der Waals surface area (Å²) in [6.07, 6.45) is 1.97. The summed E-state index contributed by atoms with van der Waals surface area (Å²) in [7, 11) is 0. The molecule has 1 aromatic carbocycles. The Morgan fingerprint density at radius 3 is 2.50 bits per heavy atom. The molecule has 112 valence electrons. The standard InChI is InChI=1S/C17H26ClNO/c1-12(10-13-8-6-7-9-14(13)18)19-15-11-16(2,3)20-17(15,4)5/h6-9,12,15,19H,10-11H2,1-5H3. The van der Waals surface area contributed by atoms with Gasteiger partial charge in [-0.2, -0.15) is 0 Å². The smallest absolute Gasteiger partial charge is 0.0787 e. The molecular formula is C17H26ClNO. The summed E-state index contributed by atoms with van der Waals surface area (Å²) in [5.74, 6) is 0. The Labute approximate surface area is 127 Å². The number of ether oxygens (including phenoxy) is 1. The lowest BCUT2D eigenvalue weighted by Gasteiger charge is -2.30. The zero-order chi connectivity index (χ0) is 15.0. The first kappa shape index (κ1) is 15.8. The molecule has 2 atom stereocenters. The average molecular weight is 296 g/mol. The van der Waals surface area contributed by atoms with Crippen molar-refractivity contribution in [3.8, 4) is 0 Å². The van der Waals surface area contributed by atoms with Crippen LogP contribution in [0.15, 0.2) is 24.3 Å². The Bertz CT molecular complexity index is 470. The van der Waals surface area contributed by atoms with Crippen LogP contribution in [0.3, 0.4) is 0 Å². The minimum Gasteiger partial charge on any atom is -0.368 e. The maximum Gasteiger partial charge on any atom is 0.0787 e. The van der Waals surface area contributed by atoms with E-state index in [4.69, 9.17) is 16.3 Å². The van der Waals surface area contributed by atoms with Crippen LogP contribution in [-0.2, 0) is 11.2 Å². The monoisotopic (exact) mass is 295 g/mol. The summed E-state index contributed by atoms with van der Waals surface area (Å²) >= 11 is 6.23. The lowest BCUT2D eigenvalue weighted by atomic mass is 9.93. The molecule has 2 rings (SSSR count). The van der Waals surface area contributed by atoms with Gasteiger partial charge < -0.3 is 10.1 Å². The molecule has 2 nitrogen and oxygen atoms in total. The van der Waals surface area contributed by atoms with Crippen LogP contribution in [0.25, 0.3) is 0 Å². The quantitative estimate of drug-likeness (QED) is 0.898. The Morgan fingerprint density at radius 2 is 1.95 bits per heavy atom. The van der Waals surface area contributed by atoms with Crippen LogP contribution in [-0.4, -0.2) is 23.3 Å². The molecule has 0 spiro atoms. The van der Waals surface area contributed by atoms with Crippen LogP contribution in [0.1, 0.15) is 46.6 Å². The highest BCUT2D eigenvalue weighted by atomic mass is 35.5. The average Bonchev–Trinajstić information content (AvgIpc) is 2.50. The number of hydrogen-bond donors (Lipinski definition) is 1. The van der Waals surface area contributed by atoms with Gasteiger partial charge in [-0.25, -0.2) is 0 Å². The van der Waals surface area contributed by atoms with E-state index in [-0.39, 0.29) is 11.2 Å². The molecule has 0 amide bonds. The summed E-state index contributed by atoms with van der Waals surface area (Å²) in [6, 6.07) is 8.81. The molecule has 1 saturated heterocycles. The fourth-order valence-corrected chi connectivity index (χ4v) is 3.43. The Kier molecular flexibility index (Phi) is 4.48. The molecule has 1 N–H and O–H groups in total. The summed E-state index contributed by atoms with van der Waals surface area (Å²) in [6.45, 7) is 10.9. The Morgan fingerprint density at radius 1 is 1.30 bits per heavy atom. The number of hydrogen-bond acceptors (Lipinski definition) is 2. The molecule has 3 heteroatoms. The second-order valence-corrected chi connectivity index (χ2v) is 7.49. The molecule has 0 bridgehead atoms. The van der Waals surface area contributed by atoms with Gasteiger partial charge in [0.05, 0.1) is 11.2 Å². The van der Waals surface area contributed by atoms with Crippen molar-refractivity contribution < 1.29 is 4.74 Å². The van der Waals surface area contributed by atoms with E-state index in [0.29, 0.717) is 12.1 Å². The number of benzene rings is 1. The van der Waals surface area contributed by atoms with Crippen LogP contribution in [0.4, 0.5) is 0 Å². The van der Waals surface area contributed by atoms with Crippen molar-refractivity contribution >= 4 is 11.6 Å². The molecule has 2 unspecified atom stereocenters. The molecule has 1 aliphatic heterocycles. The van der Waals surface area contributed by atoms with Crippen molar-refractivity contribution in [2.24, 2.45) is 0 Å².